The van der Waals surface area contributed by atoms with Gasteiger partial charge in [-0.05, 0) is 12.8 Å². The molecule has 31 heavy (non-hydrogen) atoms. The van der Waals surface area contributed by atoms with Crippen molar-refractivity contribution in [2.75, 3.05) is 46.1 Å². The van der Waals surface area contributed by atoms with E-state index >= 15 is 0 Å². The van der Waals surface area contributed by atoms with Gasteiger partial charge in [-0.25, -0.2) is 0 Å². The standard InChI is InChI=1S/C20H32N4O7/c1-15(20(21)29)4-2-3-8-22-17(26)14-31-13-12-30-11-9-23-16(25)7-10-24-18(27)5-6-19(24)28/h5-6,15H,2-4,7-14H2,1H3,(H2,21,29)(H,22,26)(H,23,25). The van der Waals surface area contributed by atoms with Crippen LogP contribution in [0.4, 0.5) is 0 Å². The van der Waals surface area contributed by atoms with E-state index < -0.39 is 11.8 Å². The van der Waals surface area contributed by atoms with Gasteiger partial charge in [-0.1, -0.05) is 13.3 Å². The lowest BCUT2D eigenvalue weighted by molar-refractivity contribution is -0.137. The molecular formula is C20H32N4O7. The number of rotatable bonds is 17. The van der Waals surface area contributed by atoms with E-state index in [9.17, 15) is 24.0 Å². The molecule has 1 atom stereocenters. The minimum atomic E-state index is -0.412. The van der Waals surface area contributed by atoms with Crippen molar-refractivity contribution >= 4 is 29.5 Å². The van der Waals surface area contributed by atoms with Crippen molar-refractivity contribution in [3.63, 3.8) is 0 Å². The number of imide groups is 1. The maximum atomic E-state index is 11.7. The van der Waals surface area contributed by atoms with Crippen LogP contribution in [0.3, 0.4) is 0 Å². The highest BCUT2D eigenvalue weighted by atomic mass is 16.5. The number of nitrogens with one attached hydrogen (secondary N) is 2. The average molecular weight is 440 g/mol. The molecule has 4 N–H and O–H groups in total. The van der Waals surface area contributed by atoms with Crippen LogP contribution in [0.5, 0.6) is 0 Å². The number of carbonyl (C=O) groups excluding carboxylic acids is 5. The van der Waals surface area contributed by atoms with Crippen molar-refractivity contribution in [1.82, 2.24) is 15.5 Å². The van der Waals surface area contributed by atoms with Gasteiger partial charge in [-0.15, -0.1) is 0 Å². The van der Waals surface area contributed by atoms with Crippen molar-refractivity contribution in [3.8, 4) is 0 Å². The van der Waals surface area contributed by atoms with E-state index in [2.05, 4.69) is 10.6 Å². The van der Waals surface area contributed by atoms with Gasteiger partial charge in [0.1, 0.15) is 6.61 Å². The first-order valence-corrected chi connectivity index (χ1v) is 10.3. The number of ether oxygens (including phenoxy) is 2. The molecule has 1 unspecified atom stereocenters. The number of carbonyl (C=O) groups is 5. The molecule has 0 radical (unpaired) electrons. The van der Waals surface area contributed by atoms with Gasteiger partial charge >= 0.3 is 0 Å². The monoisotopic (exact) mass is 440 g/mol. The number of amides is 5. The topological polar surface area (TPSA) is 157 Å². The van der Waals surface area contributed by atoms with Gasteiger partial charge in [0.15, 0.2) is 0 Å². The Morgan fingerprint density at radius 2 is 1.61 bits per heavy atom. The first-order valence-electron chi connectivity index (χ1n) is 10.3. The van der Waals surface area contributed by atoms with Gasteiger partial charge in [-0.2, -0.15) is 0 Å². The second-order valence-electron chi connectivity index (χ2n) is 7.08. The number of hydrogen-bond acceptors (Lipinski definition) is 7. The summed E-state index contributed by atoms with van der Waals surface area (Å²) in [4.78, 5) is 57.9. The minimum Gasteiger partial charge on any atom is -0.377 e. The Morgan fingerprint density at radius 1 is 0.968 bits per heavy atom. The molecule has 1 aliphatic heterocycles. The Balaban J connectivity index is 1.89. The van der Waals surface area contributed by atoms with Gasteiger partial charge in [0, 0.05) is 44.1 Å². The van der Waals surface area contributed by atoms with Gasteiger partial charge in [0.25, 0.3) is 11.8 Å². The Hall–Kier alpha value is -2.79. The summed E-state index contributed by atoms with van der Waals surface area (Å²) >= 11 is 0. The van der Waals surface area contributed by atoms with Crippen LogP contribution < -0.4 is 16.4 Å². The zero-order valence-electron chi connectivity index (χ0n) is 17.9. The lowest BCUT2D eigenvalue weighted by atomic mass is 10.0. The molecule has 174 valence electrons. The number of primary amides is 1. The highest BCUT2D eigenvalue weighted by Crippen LogP contribution is 2.06. The van der Waals surface area contributed by atoms with Crippen LogP contribution in [-0.2, 0) is 33.4 Å². The lowest BCUT2D eigenvalue weighted by Crippen LogP contribution is -2.35. The second kappa shape index (κ2) is 15.1. The lowest BCUT2D eigenvalue weighted by Gasteiger charge is -2.13. The normalized spacial score (nSPS) is 14.0. The number of nitrogens with zero attached hydrogens (tertiary/aromatic N) is 1. The summed E-state index contributed by atoms with van der Waals surface area (Å²) in [6.07, 6.45) is 4.65. The van der Waals surface area contributed by atoms with Gasteiger partial charge in [0.2, 0.25) is 17.7 Å². The van der Waals surface area contributed by atoms with Gasteiger partial charge < -0.3 is 25.8 Å². The van der Waals surface area contributed by atoms with Crippen LogP contribution >= 0.6 is 0 Å². The molecule has 0 aromatic rings. The summed E-state index contributed by atoms with van der Waals surface area (Å²) in [5.41, 5.74) is 5.18. The molecule has 1 heterocycles. The van der Waals surface area contributed by atoms with Crippen molar-refractivity contribution in [2.24, 2.45) is 11.7 Å². The summed E-state index contributed by atoms with van der Waals surface area (Å²) in [5, 5.41) is 5.36. The molecule has 0 aromatic carbocycles. The molecule has 5 amide bonds. The third-order valence-electron chi connectivity index (χ3n) is 4.51. The van der Waals surface area contributed by atoms with Crippen LogP contribution in [0, 0.1) is 5.92 Å². The molecule has 0 spiro atoms. The van der Waals surface area contributed by atoms with E-state index in [-0.39, 0.29) is 69.6 Å². The number of unbranched alkanes of at least 4 members (excludes halogenated alkanes) is 1. The van der Waals surface area contributed by atoms with Crippen LogP contribution in [0.25, 0.3) is 0 Å². The summed E-state index contributed by atoms with van der Waals surface area (Å²) in [7, 11) is 0. The van der Waals surface area contributed by atoms with Crippen LogP contribution in [0.2, 0.25) is 0 Å². The average Bonchev–Trinajstić information content (AvgIpc) is 3.05. The largest absolute Gasteiger partial charge is 0.377 e. The maximum Gasteiger partial charge on any atom is 0.253 e. The van der Waals surface area contributed by atoms with Crippen molar-refractivity contribution in [2.45, 2.75) is 32.6 Å². The van der Waals surface area contributed by atoms with Crippen molar-refractivity contribution in [1.29, 1.82) is 0 Å². The van der Waals surface area contributed by atoms with Gasteiger partial charge in [-0.3, -0.25) is 28.9 Å². The molecular weight excluding hydrogens is 408 g/mol. The van der Waals surface area contributed by atoms with E-state index in [4.69, 9.17) is 15.2 Å². The molecule has 0 saturated heterocycles. The molecule has 0 fully saturated rings. The zero-order valence-corrected chi connectivity index (χ0v) is 17.9. The minimum absolute atomic E-state index is 0.0293. The third-order valence-corrected chi connectivity index (χ3v) is 4.51. The maximum absolute atomic E-state index is 11.7. The molecule has 0 saturated carbocycles. The fourth-order valence-corrected chi connectivity index (χ4v) is 2.60. The molecule has 1 aliphatic rings. The highest BCUT2D eigenvalue weighted by Gasteiger charge is 2.23. The predicted octanol–water partition coefficient (Wildman–Crippen LogP) is -1.14. The highest BCUT2D eigenvalue weighted by molar-refractivity contribution is 6.13. The fourth-order valence-electron chi connectivity index (χ4n) is 2.60. The quantitative estimate of drug-likeness (QED) is 0.190. The van der Waals surface area contributed by atoms with E-state index in [1.165, 1.54) is 12.2 Å². The first kappa shape index (κ1) is 26.2. The molecule has 1 rings (SSSR count). The van der Waals surface area contributed by atoms with Crippen molar-refractivity contribution < 1.29 is 33.4 Å². The molecule has 11 heteroatoms. The van der Waals surface area contributed by atoms with Crippen molar-refractivity contribution in [3.05, 3.63) is 12.2 Å². The Kier molecular flexibility index (Phi) is 12.8. The Bertz CT molecular complexity index is 648. The second-order valence-corrected chi connectivity index (χ2v) is 7.08. The number of nitrogens with two attached hydrogens (primary N) is 1. The van der Waals surface area contributed by atoms with Crippen LogP contribution in [0.1, 0.15) is 32.6 Å². The molecule has 0 aromatic heterocycles. The zero-order chi connectivity index (χ0) is 23.1. The van der Waals surface area contributed by atoms with E-state index in [1.54, 1.807) is 6.92 Å². The van der Waals surface area contributed by atoms with E-state index in [0.29, 0.717) is 13.0 Å². The molecule has 0 bridgehead atoms. The Morgan fingerprint density at radius 3 is 2.29 bits per heavy atom. The summed E-state index contributed by atoms with van der Waals surface area (Å²) in [5.74, 6) is -1.80. The third kappa shape index (κ3) is 11.8. The van der Waals surface area contributed by atoms with E-state index in [1.807, 2.05) is 0 Å². The van der Waals surface area contributed by atoms with E-state index in [0.717, 1.165) is 17.7 Å². The Labute approximate surface area is 181 Å². The predicted molar refractivity (Wildman–Crippen MR) is 110 cm³/mol. The molecule has 11 nitrogen and oxygen atoms in total. The molecule has 0 aliphatic carbocycles. The number of hydrogen-bond donors (Lipinski definition) is 3. The van der Waals surface area contributed by atoms with Crippen LogP contribution in [-0.4, -0.2) is 80.5 Å². The SMILES string of the molecule is CC(CCCCNC(=O)COCCOCCNC(=O)CCN1C(=O)C=CC1=O)C(N)=O. The summed E-state index contributed by atoms with van der Waals surface area (Å²) in [6.45, 7) is 3.34. The smallest absolute Gasteiger partial charge is 0.253 e. The summed E-state index contributed by atoms with van der Waals surface area (Å²) < 4.78 is 10.5. The first-order chi connectivity index (χ1) is 14.8. The van der Waals surface area contributed by atoms with Gasteiger partial charge in [0.05, 0.1) is 19.8 Å². The van der Waals surface area contributed by atoms with Crippen LogP contribution in [0.15, 0.2) is 12.2 Å². The fraction of sp³-hybridized carbons (Fsp3) is 0.650. The summed E-state index contributed by atoms with van der Waals surface area (Å²) in [6, 6.07) is 0.